The molecule has 6 nitrogen and oxygen atoms in total. The maximum Gasteiger partial charge on any atom is 0.266 e. The zero-order chi connectivity index (χ0) is 23.3. The molecule has 0 aromatic heterocycles. The molecule has 0 bridgehead atoms. The molecule has 7 heteroatoms. The van der Waals surface area contributed by atoms with Crippen LogP contribution in [-0.4, -0.2) is 53.9 Å². The van der Waals surface area contributed by atoms with Gasteiger partial charge in [-0.25, -0.2) is 0 Å². The molecule has 1 fully saturated rings. The molecule has 1 aromatic rings. The van der Waals surface area contributed by atoms with Crippen molar-refractivity contribution in [2.45, 2.75) is 32.6 Å². The molecule has 4 aliphatic rings. The Hall–Kier alpha value is -3.19. The minimum absolute atomic E-state index is 0.0976. The van der Waals surface area contributed by atoms with Gasteiger partial charge < -0.3 is 9.64 Å². The molecule has 0 aliphatic carbocycles. The van der Waals surface area contributed by atoms with Crippen LogP contribution in [0, 0.1) is 0 Å². The summed E-state index contributed by atoms with van der Waals surface area (Å²) in [4.78, 5) is 30.8. The SMILES string of the molecule is CC1=CC(=C2C(=O)N(C)C(=S)N(C)C2=O)C=C(C=Cc2cc3c4c(c2)CCCN4CCC3)O1. The number of thiocarbonyl (C=S) groups is 1. The Morgan fingerprint density at radius 1 is 0.939 bits per heavy atom. The average molecular weight is 462 g/mol. The van der Waals surface area contributed by atoms with E-state index in [0.717, 1.165) is 31.5 Å². The molecule has 33 heavy (non-hydrogen) atoms. The first-order valence-electron chi connectivity index (χ1n) is 11.3. The molecule has 4 heterocycles. The fourth-order valence-corrected chi connectivity index (χ4v) is 5.23. The van der Waals surface area contributed by atoms with Crippen LogP contribution in [0.5, 0.6) is 0 Å². The van der Waals surface area contributed by atoms with Crippen LogP contribution in [0.15, 0.2) is 53.0 Å². The fraction of sp³-hybridized carbons (Fsp3) is 0.346. The molecule has 0 saturated carbocycles. The summed E-state index contributed by atoms with van der Waals surface area (Å²) in [6.45, 7) is 4.13. The van der Waals surface area contributed by atoms with Crippen LogP contribution in [0.4, 0.5) is 5.69 Å². The number of carbonyl (C=O) groups is 2. The summed E-state index contributed by atoms with van der Waals surface area (Å²) >= 11 is 5.19. The predicted molar refractivity (Wildman–Crippen MR) is 132 cm³/mol. The number of anilines is 1. The Morgan fingerprint density at radius 3 is 2.15 bits per heavy atom. The zero-order valence-electron chi connectivity index (χ0n) is 19.2. The number of amides is 2. The highest BCUT2D eigenvalue weighted by Gasteiger charge is 2.37. The summed E-state index contributed by atoms with van der Waals surface area (Å²) in [6, 6.07) is 4.55. The van der Waals surface area contributed by atoms with E-state index in [9.17, 15) is 9.59 Å². The number of likely N-dealkylation sites (N-methyl/N-ethyl adjacent to an activating group) is 2. The molecule has 2 amide bonds. The van der Waals surface area contributed by atoms with Crippen molar-refractivity contribution in [3.05, 3.63) is 69.7 Å². The van der Waals surface area contributed by atoms with Gasteiger partial charge in [0.25, 0.3) is 11.8 Å². The third-order valence-electron chi connectivity index (χ3n) is 6.63. The zero-order valence-corrected chi connectivity index (χ0v) is 20.0. The number of hydrogen-bond acceptors (Lipinski definition) is 5. The molecule has 4 aliphatic heterocycles. The van der Waals surface area contributed by atoms with E-state index in [0.29, 0.717) is 17.1 Å². The second-order valence-corrected chi connectivity index (χ2v) is 9.33. The van der Waals surface area contributed by atoms with Crippen LogP contribution in [0.2, 0.25) is 0 Å². The minimum atomic E-state index is -0.401. The maximum atomic E-state index is 12.8. The number of nitrogens with zero attached hydrogens (tertiary/aromatic N) is 3. The third kappa shape index (κ3) is 3.80. The quantitative estimate of drug-likeness (QED) is 0.382. The van der Waals surface area contributed by atoms with E-state index in [4.69, 9.17) is 17.0 Å². The second kappa shape index (κ2) is 8.30. The van der Waals surface area contributed by atoms with E-state index in [1.807, 2.05) is 13.0 Å². The molecule has 170 valence electrons. The Morgan fingerprint density at radius 2 is 1.55 bits per heavy atom. The largest absolute Gasteiger partial charge is 0.462 e. The standard InChI is InChI=1S/C26H27N3O3S/c1-16-12-20(22-24(30)27(2)26(33)28(3)25(22)31)15-21(32-16)9-8-17-13-18-6-4-10-29-11-5-7-19(14-17)23(18)29/h8-9,12-15H,4-7,10-11H2,1-3H3. The lowest BCUT2D eigenvalue weighted by Crippen LogP contribution is -2.53. The van der Waals surface area contributed by atoms with Crippen LogP contribution in [0.3, 0.4) is 0 Å². The second-order valence-electron chi connectivity index (χ2n) is 8.96. The van der Waals surface area contributed by atoms with Gasteiger partial charge >= 0.3 is 0 Å². The summed E-state index contributed by atoms with van der Waals surface area (Å²) < 4.78 is 5.89. The molecular formula is C26H27N3O3S. The van der Waals surface area contributed by atoms with E-state index < -0.39 is 11.8 Å². The van der Waals surface area contributed by atoms with Crippen molar-refractivity contribution in [1.29, 1.82) is 0 Å². The molecule has 1 aromatic carbocycles. The first-order valence-corrected chi connectivity index (χ1v) is 11.8. The van der Waals surface area contributed by atoms with Crippen molar-refractivity contribution < 1.29 is 14.3 Å². The van der Waals surface area contributed by atoms with Gasteiger partial charge in [0.05, 0.1) is 0 Å². The molecule has 0 radical (unpaired) electrons. The normalized spacial score (nSPS) is 20.8. The van der Waals surface area contributed by atoms with Crippen molar-refractivity contribution in [3.63, 3.8) is 0 Å². The van der Waals surface area contributed by atoms with Gasteiger partial charge in [0.1, 0.15) is 17.1 Å². The first-order chi connectivity index (χ1) is 15.8. The number of aryl methyl sites for hydroxylation is 2. The van der Waals surface area contributed by atoms with Gasteiger partial charge in [0.15, 0.2) is 5.11 Å². The fourth-order valence-electron chi connectivity index (χ4n) is 5.06. The van der Waals surface area contributed by atoms with Crippen LogP contribution >= 0.6 is 12.2 Å². The smallest absolute Gasteiger partial charge is 0.266 e. The van der Waals surface area contributed by atoms with E-state index in [2.05, 4.69) is 23.1 Å². The van der Waals surface area contributed by atoms with Crippen LogP contribution < -0.4 is 4.90 Å². The number of allylic oxidation sites excluding steroid dienone is 5. The average Bonchev–Trinajstić information content (AvgIpc) is 2.80. The highest BCUT2D eigenvalue weighted by Crippen LogP contribution is 2.36. The van der Waals surface area contributed by atoms with E-state index in [1.165, 1.54) is 39.5 Å². The van der Waals surface area contributed by atoms with Crippen LogP contribution in [0.25, 0.3) is 6.08 Å². The predicted octanol–water partition coefficient (Wildman–Crippen LogP) is 3.73. The topological polar surface area (TPSA) is 53.1 Å². The molecule has 1 saturated heterocycles. The Balaban J connectivity index is 1.49. The van der Waals surface area contributed by atoms with Gasteiger partial charge in [-0.1, -0.05) is 6.08 Å². The summed E-state index contributed by atoms with van der Waals surface area (Å²) in [6.07, 6.45) is 12.0. The number of rotatable bonds is 2. The van der Waals surface area contributed by atoms with Crippen molar-refractivity contribution in [1.82, 2.24) is 9.80 Å². The first kappa shape index (κ1) is 21.6. The Bertz CT molecular complexity index is 1150. The van der Waals surface area contributed by atoms with E-state index in [1.54, 1.807) is 26.2 Å². The number of carbonyl (C=O) groups excluding carboxylic acids is 2. The lowest BCUT2D eigenvalue weighted by Gasteiger charge is -2.37. The highest BCUT2D eigenvalue weighted by atomic mass is 32.1. The Labute approximate surface area is 199 Å². The summed E-state index contributed by atoms with van der Waals surface area (Å²) in [5.41, 5.74) is 6.08. The van der Waals surface area contributed by atoms with Gasteiger partial charge in [0, 0.05) is 32.9 Å². The number of benzene rings is 1. The lowest BCUT2D eigenvalue weighted by molar-refractivity contribution is -0.132. The molecule has 5 rings (SSSR count). The van der Waals surface area contributed by atoms with Gasteiger partial charge in [-0.2, -0.15) is 0 Å². The van der Waals surface area contributed by atoms with E-state index in [-0.39, 0.29) is 10.7 Å². The van der Waals surface area contributed by atoms with Gasteiger partial charge in [-0.3, -0.25) is 19.4 Å². The summed E-state index contributed by atoms with van der Waals surface area (Å²) in [7, 11) is 3.16. The maximum absolute atomic E-state index is 12.8. The van der Waals surface area contributed by atoms with Crippen LogP contribution in [0.1, 0.15) is 36.5 Å². The van der Waals surface area contributed by atoms with Crippen molar-refractivity contribution in [2.75, 3.05) is 32.1 Å². The van der Waals surface area contributed by atoms with Gasteiger partial charge in [0.2, 0.25) is 0 Å². The van der Waals surface area contributed by atoms with Crippen molar-refractivity contribution >= 4 is 40.9 Å². The molecule has 0 N–H and O–H groups in total. The molecule has 0 unspecified atom stereocenters. The van der Waals surface area contributed by atoms with Gasteiger partial charge in [-0.05, 0) is 97.4 Å². The van der Waals surface area contributed by atoms with E-state index >= 15 is 0 Å². The highest BCUT2D eigenvalue weighted by molar-refractivity contribution is 7.80. The molecule has 0 atom stereocenters. The molecule has 0 spiro atoms. The summed E-state index contributed by atoms with van der Waals surface area (Å²) in [5.74, 6) is 0.406. The summed E-state index contributed by atoms with van der Waals surface area (Å²) in [5, 5.41) is 0.196. The minimum Gasteiger partial charge on any atom is -0.462 e. The monoisotopic (exact) mass is 461 g/mol. The third-order valence-corrected chi connectivity index (χ3v) is 7.18. The number of ether oxygens (including phenoxy) is 1. The van der Waals surface area contributed by atoms with Crippen LogP contribution in [-0.2, 0) is 27.2 Å². The van der Waals surface area contributed by atoms with Gasteiger partial charge in [-0.15, -0.1) is 0 Å². The lowest BCUT2D eigenvalue weighted by atomic mass is 9.90. The molecular weight excluding hydrogens is 434 g/mol. The van der Waals surface area contributed by atoms with Crippen molar-refractivity contribution in [3.8, 4) is 0 Å². The number of hydrogen-bond donors (Lipinski definition) is 0. The Kier molecular flexibility index (Phi) is 5.44. The van der Waals surface area contributed by atoms with Crippen molar-refractivity contribution in [2.24, 2.45) is 0 Å².